The first-order valence-corrected chi connectivity index (χ1v) is 6.22. The van der Waals surface area contributed by atoms with Crippen molar-refractivity contribution in [3.8, 4) is 0 Å². The lowest BCUT2D eigenvalue weighted by Crippen LogP contribution is -2.42. The first kappa shape index (κ1) is 9.30. The Bertz CT molecular complexity index is 364. The molecule has 4 nitrogen and oxygen atoms in total. The van der Waals surface area contributed by atoms with E-state index in [1.807, 2.05) is 11.8 Å². The normalized spacial score (nSPS) is 34.0. The summed E-state index contributed by atoms with van der Waals surface area (Å²) in [4.78, 5) is 11.5. The number of hydrogen-bond acceptors (Lipinski definition) is 4. The van der Waals surface area contributed by atoms with Gasteiger partial charge in [0.15, 0.2) is 0 Å². The van der Waals surface area contributed by atoms with Crippen LogP contribution in [0.15, 0.2) is 22.8 Å². The molecule has 0 spiro atoms. The fourth-order valence-electron chi connectivity index (χ4n) is 2.30. The molecule has 0 radical (unpaired) electrons. The Hall–Kier alpha value is -0.940. The maximum Gasteiger partial charge on any atom is 0.248 e. The van der Waals surface area contributed by atoms with Crippen LogP contribution in [-0.2, 0) is 4.79 Å². The SMILES string of the molecule is O=C1NNC2=C3C=CSCCC3NCC12. The molecule has 1 amide bonds. The highest BCUT2D eigenvalue weighted by Gasteiger charge is 2.37. The Morgan fingerprint density at radius 1 is 1.40 bits per heavy atom. The third kappa shape index (κ3) is 1.46. The summed E-state index contributed by atoms with van der Waals surface area (Å²) in [6, 6.07) is 0.405. The van der Waals surface area contributed by atoms with Crippen LogP contribution in [-0.4, -0.2) is 24.2 Å². The Kier molecular flexibility index (Phi) is 2.21. The summed E-state index contributed by atoms with van der Waals surface area (Å²) >= 11 is 1.83. The van der Waals surface area contributed by atoms with Gasteiger partial charge in [-0.15, -0.1) is 11.8 Å². The van der Waals surface area contributed by atoms with E-state index in [1.54, 1.807) is 0 Å². The number of carbonyl (C=O) groups excluding carboxylic acids is 1. The largest absolute Gasteiger partial charge is 0.309 e. The van der Waals surface area contributed by atoms with Crippen LogP contribution in [0.25, 0.3) is 0 Å². The molecule has 0 aromatic rings. The zero-order valence-corrected chi connectivity index (χ0v) is 9.06. The van der Waals surface area contributed by atoms with Crippen molar-refractivity contribution < 1.29 is 4.79 Å². The van der Waals surface area contributed by atoms with Crippen molar-refractivity contribution in [3.05, 3.63) is 22.8 Å². The van der Waals surface area contributed by atoms with Crippen LogP contribution in [0.5, 0.6) is 0 Å². The predicted octanol–water partition coefficient (Wildman–Crippen LogP) is 0.113. The fraction of sp³-hybridized carbons (Fsp3) is 0.500. The Labute approximate surface area is 92.5 Å². The van der Waals surface area contributed by atoms with Gasteiger partial charge >= 0.3 is 0 Å². The van der Waals surface area contributed by atoms with E-state index < -0.39 is 0 Å². The van der Waals surface area contributed by atoms with Crippen molar-refractivity contribution in [2.75, 3.05) is 12.3 Å². The third-order valence-electron chi connectivity index (χ3n) is 3.11. The van der Waals surface area contributed by atoms with Gasteiger partial charge in [0.05, 0.1) is 11.6 Å². The molecule has 2 atom stereocenters. The van der Waals surface area contributed by atoms with Gasteiger partial charge in [0.1, 0.15) is 0 Å². The molecule has 2 unspecified atom stereocenters. The summed E-state index contributed by atoms with van der Waals surface area (Å²) in [5.41, 5.74) is 8.02. The highest BCUT2D eigenvalue weighted by Crippen LogP contribution is 2.29. The first-order chi connectivity index (χ1) is 7.36. The number of thioether (sulfide) groups is 1. The molecular weight excluding hydrogens is 210 g/mol. The molecule has 3 N–H and O–H groups in total. The Morgan fingerprint density at radius 2 is 2.33 bits per heavy atom. The quantitative estimate of drug-likeness (QED) is 0.546. The minimum Gasteiger partial charge on any atom is -0.309 e. The van der Waals surface area contributed by atoms with Crippen LogP contribution in [0.1, 0.15) is 6.42 Å². The van der Waals surface area contributed by atoms with Gasteiger partial charge in [-0.2, -0.15) is 0 Å². The second kappa shape index (κ2) is 3.57. The van der Waals surface area contributed by atoms with Gasteiger partial charge in [0.25, 0.3) is 0 Å². The molecule has 80 valence electrons. The lowest BCUT2D eigenvalue weighted by atomic mass is 9.91. The summed E-state index contributed by atoms with van der Waals surface area (Å²) in [5.74, 6) is 1.19. The van der Waals surface area contributed by atoms with Crippen molar-refractivity contribution in [1.29, 1.82) is 0 Å². The van der Waals surface area contributed by atoms with E-state index in [0.29, 0.717) is 6.04 Å². The molecule has 3 rings (SSSR count). The van der Waals surface area contributed by atoms with Gasteiger partial charge < -0.3 is 10.7 Å². The molecule has 3 aliphatic heterocycles. The Balaban J connectivity index is 2.02. The zero-order chi connectivity index (χ0) is 10.3. The van der Waals surface area contributed by atoms with E-state index in [-0.39, 0.29) is 11.8 Å². The van der Waals surface area contributed by atoms with Gasteiger partial charge in [0, 0.05) is 12.6 Å². The smallest absolute Gasteiger partial charge is 0.248 e. The van der Waals surface area contributed by atoms with E-state index in [1.165, 1.54) is 5.57 Å². The number of amides is 1. The average molecular weight is 223 g/mol. The first-order valence-electron chi connectivity index (χ1n) is 5.18. The van der Waals surface area contributed by atoms with E-state index >= 15 is 0 Å². The van der Waals surface area contributed by atoms with Gasteiger partial charge in [-0.1, -0.05) is 0 Å². The molecule has 1 fully saturated rings. The van der Waals surface area contributed by atoms with Crippen molar-refractivity contribution in [3.63, 3.8) is 0 Å². The molecule has 0 aromatic carbocycles. The molecule has 0 bridgehead atoms. The number of hydrazine groups is 1. The summed E-state index contributed by atoms with van der Waals surface area (Å²) < 4.78 is 0. The number of nitrogens with one attached hydrogen (secondary N) is 3. The van der Waals surface area contributed by atoms with E-state index in [2.05, 4.69) is 27.7 Å². The molecular formula is C10H13N3OS. The Morgan fingerprint density at radius 3 is 3.27 bits per heavy atom. The monoisotopic (exact) mass is 223 g/mol. The number of hydrogen-bond donors (Lipinski definition) is 3. The van der Waals surface area contributed by atoms with Crippen molar-refractivity contribution in [1.82, 2.24) is 16.2 Å². The van der Waals surface area contributed by atoms with Crippen LogP contribution < -0.4 is 16.2 Å². The van der Waals surface area contributed by atoms with E-state index in [4.69, 9.17) is 0 Å². The second-order valence-corrected chi connectivity index (χ2v) is 4.97. The average Bonchev–Trinajstić information content (AvgIpc) is 2.51. The molecule has 3 heterocycles. The van der Waals surface area contributed by atoms with Crippen LogP contribution in [0, 0.1) is 5.92 Å². The third-order valence-corrected chi connectivity index (χ3v) is 3.91. The van der Waals surface area contributed by atoms with E-state index in [9.17, 15) is 4.79 Å². The van der Waals surface area contributed by atoms with Crippen molar-refractivity contribution in [2.45, 2.75) is 12.5 Å². The highest BCUT2D eigenvalue weighted by molar-refractivity contribution is 8.02. The van der Waals surface area contributed by atoms with Gasteiger partial charge in [-0.05, 0) is 29.2 Å². The summed E-state index contributed by atoms with van der Waals surface area (Å²) in [6.45, 7) is 0.751. The second-order valence-electron chi connectivity index (χ2n) is 3.96. The van der Waals surface area contributed by atoms with Crippen LogP contribution in [0.4, 0.5) is 0 Å². The summed E-state index contributed by atoms with van der Waals surface area (Å²) in [5, 5.41) is 5.56. The standard InChI is InChI=1S/C10H13N3OS/c14-10-7-5-11-8-2-4-15-3-1-6(8)9(7)12-13-10/h1,3,7-8,11-12H,2,4-5H2,(H,13,14). The van der Waals surface area contributed by atoms with Crippen LogP contribution in [0.3, 0.4) is 0 Å². The zero-order valence-electron chi connectivity index (χ0n) is 8.25. The van der Waals surface area contributed by atoms with E-state index in [0.717, 1.165) is 24.4 Å². The topological polar surface area (TPSA) is 53.2 Å². The minimum atomic E-state index is -0.0241. The van der Waals surface area contributed by atoms with Gasteiger partial charge in [0.2, 0.25) is 5.91 Å². The molecule has 15 heavy (non-hydrogen) atoms. The highest BCUT2D eigenvalue weighted by atomic mass is 32.2. The fourth-order valence-corrected chi connectivity index (χ4v) is 3.05. The maximum absolute atomic E-state index is 11.5. The predicted molar refractivity (Wildman–Crippen MR) is 59.8 cm³/mol. The van der Waals surface area contributed by atoms with Crippen molar-refractivity contribution >= 4 is 17.7 Å². The van der Waals surface area contributed by atoms with Crippen LogP contribution >= 0.6 is 11.8 Å². The minimum absolute atomic E-state index is 0.0241. The summed E-state index contributed by atoms with van der Waals surface area (Å²) in [7, 11) is 0. The molecule has 0 aromatic heterocycles. The molecule has 5 heteroatoms. The van der Waals surface area contributed by atoms with Gasteiger partial charge in [-0.3, -0.25) is 10.2 Å². The van der Waals surface area contributed by atoms with Gasteiger partial charge in [-0.25, -0.2) is 0 Å². The molecule has 1 saturated heterocycles. The summed E-state index contributed by atoms with van der Waals surface area (Å²) in [6.07, 6.45) is 3.25. The number of fused-ring (bicyclic) bond motifs is 2. The number of carbonyl (C=O) groups is 1. The molecule has 0 saturated carbocycles. The number of rotatable bonds is 0. The van der Waals surface area contributed by atoms with Crippen LogP contribution in [0.2, 0.25) is 0 Å². The molecule has 3 aliphatic rings. The lowest BCUT2D eigenvalue weighted by molar-refractivity contribution is -0.122. The maximum atomic E-state index is 11.5. The van der Waals surface area contributed by atoms with Crippen molar-refractivity contribution in [2.24, 2.45) is 5.92 Å². The lowest BCUT2D eigenvalue weighted by Gasteiger charge is -2.27. The molecule has 0 aliphatic carbocycles.